The molecule has 1 aromatic rings. The van der Waals surface area contributed by atoms with Crippen LogP contribution < -0.4 is 0 Å². The van der Waals surface area contributed by atoms with Crippen LogP contribution in [0.2, 0.25) is 0 Å². The van der Waals surface area contributed by atoms with Gasteiger partial charge in [-0.2, -0.15) is 32.5 Å². The van der Waals surface area contributed by atoms with Crippen molar-refractivity contribution in [3.63, 3.8) is 0 Å². The number of hydrogen-bond acceptors (Lipinski definition) is 2. The zero-order chi connectivity index (χ0) is 15.9. The van der Waals surface area contributed by atoms with Gasteiger partial charge in [0.15, 0.2) is 17.5 Å². The van der Waals surface area contributed by atoms with Crippen LogP contribution in [0.15, 0.2) is 0 Å². The van der Waals surface area contributed by atoms with Crippen LogP contribution in [0.3, 0.4) is 0 Å². The largest absolute Gasteiger partial charge is 0.458 e. The van der Waals surface area contributed by atoms with Crippen molar-refractivity contribution in [2.45, 2.75) is 12.1 Å². The number of nitrogens with zero attached hydrogens (tertiary/aromatic N) is 2. The molecule has 0 heterocycles. The fraction of sp³-hybridized carbons (Fsp3) is 0.200. The maximum atomic E-state index is 13.2. The second kappa shape index (κ2) is 4.63. The van der Waals surface area contributed by atoms with Crippen molar-refractivity contribution >= 4 is 0 Å². The Labute approximate surface area is 105 Å². The highest BCUT2D eigenvalue weighted by Gasteiger charge is 2.62. The van der Waals surface area contributed by atoms with Crippen LogP contribution in [0, 0.1) is 40.1 Å². The molecule has 0 saturated carbocycles. The zero-order valence-corrected chi connectivity index (χ0v) is 8.92. The highest BCUT2D eigenvalue weighted by atomic mass is 19.4. The molecule has 0 aromatic heterocycles. The Kier molecular flexibility index (Phi) is 3.64. The average molecular weight is 300 g/mol. The Morgan fingerprint density at radius 1 is 0.700 bits per heavy atom. The molecule has 0 spiro atoms. The van der Waals surface area contributed by atoms with Crippen molar-refractivity contribution in [3.8, 4) is 12.1 Å². The van der Waals surface area contributed by atoms with Crippen LogP contribution in [-0.4, -0.2) is 6.18 Å². The van der Waals surface area contributed by atoms with Gasteiger partial charge in [0.05, 0.1) is 11.1 Å². The van der Waals surface area contributed by atoms with Crippen molar-refractivity contribution in [1.29, 1.82) is 10.5 Å². The van der Waals surface area contributed by atoms with Crippen molar-refractivity contribution in [2.24, 2.45) is 0 Å². The van der Waals surface area contributed by atoms with E-state index in [4.69, 9.17) is 10.5 Å². The summed E-state index contributed by atoms with van der Waals surface area (Å²) in [5.74, 6) is -13.9. The molecule has 0 N–H and O–H groups in total. The predicted molar refractivity (Wildman–Crippen MR) is 45.7 cm³/mol. The second-order valence-corrected chi connectivity index (χ2v) is 3.36. The van der Waals surface area contributed by atoms with E-state index in [1.807, 2.05) is 0 Å². The van der Waals surface area contributed by atoms with Gasteiger partial charge in [-0.25, -0.2) is 13.2 Å². The highest BCUT2D eigenvalue weighted by molar-refractivity contribution is 5.54. The zero-order valence-electron chi connectivity index (χ0n) is 8.92. The monoisotopic (exact) mass is 300 g/mol. The Bertz CT molecular complexity index is 647. The molecule has 0 bridgehead atoms. The number of alkyl halides is 5. The molecule has 0 aliphatic heterocycles. The minimum atomic E-state index is -6.36. The summed E-state index contributed by atoms with van der Waals surface area (Å²) < 4.78 is 102. The molecule has 106 valence electrons. The van der Waals surface area contributed by atoms with Crippen LogP contribution in [0.1, 0.15) is 16.7 Å². The van der Waals surface area contributed by atoms with E-state index in [1.165, 1.54) is 0 Å². The molecule has 0 aliphatic carbocycles. The number of hydrogen-bond donors (Lipinski definition) is 0. The molecule has 0 atom stereocenters. The van der Waals surface area contributed by atoms with E-state index in [-0.39, 0.29) is 0 Å². The minimum Gasteiger partial charge on any atom is -0.203 e. The average Bonchev–Trinajstić information content (AvgIpc) is 2.33. The van der Waals surface area contributed by atoms with E-state index in [9.17, 15) is 35.1 Å². The van der Waals surface area contributed by atoms with Gasteiger partial charge in [0.1, 0.15) is 17.7 Å². The summed E-state index contributed by atoms with van der Waals surface area (Å²) in [6.45, 7) is 0. The summed E-state index contributed by atoms with van der Waals surface area (Å²) in [5.41, 5.74) is -6.36. The van der Waals surface area contributed by atoms with Crippen molar-refractivity contribution < 1.29 is 35.1 Å². The van der Waals surface area contributed by atoms with Crippen LogP contribution in [0.25, 0.3) is 0 Å². The normalized spacial score (nSPS) is 11.9. The lowest BCUT2D eigenvalue weighted by Gasteiger charge is -2.22. The Hall–Kier alpha value is -2.36. The molecule has 10 heteroatoms. The first kappa shape index (κ1) is 15.7. The van der Waals surface area contributed by atoms with E-state index in [2.05, 4.69) is 0 Å². The van der Waals surface area contributed by atoms with Gasteiger partial charge in [-0.1, -0.05) is 0 Å². The second-order valence-electron chi connectivity index (χ2n) is 3.36. The van der Waals surface area contributed by atoms with Crippen LogP contribution in [0.4, 0.5) is 35.1 Å². The third kappa shape index (κ3) is 2.03. The molecule has 0 amide bonds. The molecule has 20 heavy (non-hydrogen) atoms. The smallest absolute Gasteiger partial charge is 0.203 e. The van der Waals surface area contributed by atoms with Crippen molar-refractivity contribution in [3.05, 3.63) is 34.1 Å². The van der Waals surface area contributed by atoms with Gasteiger partial charge < -0.3 is 0 Å². The number of nitriles is 2. The van der Waals surface area contributed by atoms with E-state index in [0.29, 0.717) is 6.07 Å². The molecule has 2 nitrogen and oxygen atoms in total. The summed E-state index contributed by atoms with van der Waals surface area (Å²) >= 11 is 0. The van der Waals surface area contributed by atoms with Crippen molar-refractivity contribution in [1.82, 2.24) is 0 Å². The summed E-state index contributed by atoms with van der Waals surface area (Å²) in [6, 6.07) is 1.39. The molecule has 1 aromatic carbocycles. The lowest BCUT2D eigenvalue weighted by Crippen LogP contribution is -2.36. The summed E-state index contributed by atoms with van der Waals surface area (Å²) in [7, 11) is 0. The molecule has 0 aliphatic rings. The molecule has 0 saturated heterocycles. The van der Waals surface area contributed by atoms with Gasteiger partial charge in [-0.3, -0.25) is 0 Å². The molecular weight excluding hydrogens is 300 g/mol. The van der Waals surface area contributed by atoms with Gasteiger partial charge in [-0.15, -0.1) is 0 Å². The lowest BCUT2D eigenvalue weighted by molar-refractivity contribution is -0.290. The third-order valence-electron chi connectivity index (χ3n) is 2.22. The lowest BCUT2D eigenvalue weighted by atomic mass is 9.95. The Balaban J connectivity index is 3.97. The predicted octanol–water partition coefficient (Wildman–Crippen LogP) is 3.50. The van der Waals surface area contributed by atoms with Gasteiger partial charge in [0, 0.05) is 0 Å². The summed E-state index contributed by atoms with van der Waals surface area (Å²) in [6.07, 6.45) is -6.36. The maximum Gasteiger partial charge on any atom is 0.458 e. The molecule has 0 unspecified atom stereocenters. The number of benzene rings is 1. The van der Waals surface area contributed by atoms with Gasteiger partial charge in [0.2, 0.25) is 0 Å². The Morgan fingerprint density at radius 3 is 1.50 bits per heavy atom. The molecular formula is C10F8N2. The van der Waals surface area contributed by atoms with Gasteiger partial charge >= 0.3 is 12.1 Å². The standard InChI is InChI=1S/C10F8N2/c11-6-4(2-20)3(1-19)5(7(12)8(6)13)9(14,15)10(16,17)18. The van der Waals surface area contributed by atoms with Gasteiger partial charge in [0.25, 0.3) is 0 Å². The molecule has 1 rings (SSSR count). The summed E-state index contributed by atoms with van der Waals surface area (Å²) in [4.78, 5) is 0. The van der Waals surface area contributed by atoms with Crippen LogP contribution in [-0.2, 0) is 5.92 Å². The van der Waals surface area contributed by atoms with E-state index in [1.54, 1.807) is 0 Å². The number of halogens is 8. The topological polar surface area (TPSA) is 47.6 Å². The Morgan fingerprint density at radius 2 is 1.15 bits per heavy atom. The maximum absolute atomic E-state index is 13.2. The fourth-order valence-electron chi connectivity index (χ4n) is 1.31. The highest BCUT2D eigenvalue weighted by Crippen LogP contribution is 2.47. The van der Waals surface area contributed by atoms with E-state index >= 15 is 0 Å². The number of rotatable bonds is 1. The minimum absolute atomic E-state index is 0.653. The SMILES string of the molecule is N#Cc1c(F)c(F)c(F)c(C(F)(F)C(F)(F)F)c1C#N. The third-order valence-corrected chi connectivity index (χ3v) is 2.22. The molecule has 0 radical (unpaired) electrons. The fourth-order valence-corrected chi connectivity index (χ4v) is 1.31. The molecule has 0 fully saturated rings. The van der Waals surface area contributed by atoms with Crippen LogP contribution >= 0.6 is 0 Å². The first-order valence-electron chi connectivity index (χ1n) is 4.46. The first-order valence-corrected chi connectivity index (χ1v) is 4.46. The quantitative estimate of drug-likeness (QED) is 0.588. The van der Waals surface area contributed by atoms with Gasteiger partial charge in [-0.05, 0) is 0 Å². The van der Waals surface area contributed by atoms with E-state index in [0.717, 1.165) is 6.07 Å². The van der Waals surface area contributed by atoms with Crippen LogP contribution in [0.5, 0.6) is 0 Å². The summed E-state index contributed by atoms with van der Waals surface area (Å²) in [5, 5.41) is 16.8. The van der Waals surface area contributed by atoms with Crippen molar-refractivity contribution in [2.75, 3.05) is 0 Å². The van der Waals surface area contributed by atoms with E-state index < -0.39 is 46.2 Å². The first-order chi connectivity index (χ1) is 9.00.